The normalized spacial score (nSPS) is 55.6. The van der Waals surface area contributed by atoms with Gasteiger partial charge in [0.15, 0.2) is 0 Å². The highest BCUT2D eigenvalue weighted by molar-refractivity contribution is 5.65. The average molecular weight is 473 g/mol. The minimum Gasteiger partial charge on any atom is -0.393 e. The highest BCUT2D eigenvalue weighted by Gasteiger charge is 2.71. The quantitative estimate of drug-likeness (QED) is 0.358. The van der Waals surface area contributed by atoms with Crippen LogP contribution in [0, 0.1) is 50.2 Å². The maximum atomic E-state index is 12.7. The van der Waals surface area contributed by atoms with Crippen molar-refractivity contribution in [1.82, 2.24) is 0 Å². The van der Waals surface area contributed by atoms with Crippen molar-refractivity contribution in [2.75, 3.05) is 0 Å². The molecule has 0 aromatic heterocycles. The van der Waals surface area contributed by atoms with E-state index in [1.165, 1.54) is 5.57 Å². The fraction of sp³-hybridized carbons (Fsp3) is 0.900. The lowest BCUT2D eigenvalue weighted by Crippen LogP contribution is -2.68. The Labute approximate surface area is 206 Å². The summed E-state index contributed by atoms with van der Waals surface area (Å²) in [6.45, 7) is 16.2. The molecule has 0 bridgehead atoms. The first kappa shape index (κ1) is 25.0. The minimum atomic E-state index is -1.08. The monoisotopic (exact) mass is 472 g/mol. The third-order valence-corrected chi connectivity index (χ3v) is 12.9. The molecule has 4 heteroatoms. The van der Waals surface area contributed by atoms with E-state index in [2.05, 4.69) is 54.5 Å². The van der Waals surface area contributed by atoms with Gasteiger partial charge in [-0.05, 0) is 96.2 Å². The van der Waals surface area contributed by atoms with E-state index in [-0.39, 0.29) is 39.1 Å². The van der Waals surface area contributed by atoms with Gasteiger partial charge in [-0.2, -0.15) is 0 Å². The van der Waals surface area contributed by atoms with Gasteiger partial charge >= 0.3 is 0 Å². The molecule has 0 unspecified atom stereocenters. The molecule has 34 heavy (non-hydrogen) atoms. The first-order valence-electron chi connectivity index (χ1n) is 13.8. The number of aliphatic hydroxyl groups excluding tert-OH is 3. The van der Waals surface area contributed by atoms with Crippen molar-refractivity contribution in [2.24, 2.45) is 50.2 Å². The molecule has 4 nitrogen and oxygen atoms in total. The standard InChI is InChI=1S/C30H48O4/c1-25(2)14-19-18-8-9-21-27(5)12-11-22(32)26(3,4)20(27)10-13-28(21,6)29(18,7)16-24(34)30(19,17-31)23(33)15-25/h8,17,19-24,32-34H,9-16H2,1-7H3/t19-,20-,21+,22-,23-,24+,27-,28+,29+,30+/m0/s1. The van der Waals surface area contributed by atoms with Crippen molar-refractivity contribution in [3.63, 3.8) is 0 Å². The molecule has 4 saturated carbocycles. The molecule has 0 heterocycles. The van der Waals surface area contributed by atoms with Gasteiger partial charge in [0, 0.05) is 0 Å². The van der Waals surface area contributed by atoms with Gasteiger partial charge in [0.25, 0.3) is 0 Å². The van der Waals surface area contributed by atoms with Gasteiger partial charge in [-0.15, -0.1) is 0 Å². The summed E-state index contributed by atoms with van der Waals surface area (Å²) in [4.78, 5) is 12.7. The molecule has 0 amide bonds. The van der Waals surface area contributed by atoms with Crippen LogP contribution >= 0.6 is 0 Å². The lowest BCUT2D eigenvalue weighted by atomic mass is 9.33. The second kappa shape index (κ2) is 7.19. The molecule has 0 saturated heterocycles. The van der Waals surface area contributed by atoms with Crippen LogP contribution in [0.5, 0.6) is 0 Å². The number of hydrogen-bond acceptors (Lipinski definition) is 4. The van der Waals surface area contributed by atoms with Gasteiger partial charge in [0.05, 0.1) is 23.7 Å². The Kier molecular flexibility index (Phi) is 5.28. The van der Waals surface area contributed by atoms with Crippen LogP contribution < -0.4 is 0 Å². The molecule has 0 radical (unpaired) electrons. The largest absolute Gasteiger partial charge is 0.393 e. The number of fused-ring (bicyclic) bond motifs is 7. The lowest BCUT2D eigenvalue weighted by Gasteiger charge is -2.71. The highest BCUT2D eigenvalue weighted by Crippen LogP contribution is 2.75. The number of carbonyl (C=O) groups is 1. The molecule has 4 fully saturated rings. The molecule has 3 N–H and O–H groups in total. The Hall–Kier alpha value is -0.710. The summed E-state index contributed by atoms with van der Waals surface area (Å²) in [5.74, 6) is 0.862. The number of aldehydes is 1. The topological polar surface area (TPSA) is 77.8 Å². The molecule has 192 valence electrons. The molecule has 10 atom stereocenters. The summed E-state index contributed by atoms with van der Waals surface area (Å²) >= 11 is 0. The summed E-state index contributed by atoms with van der Waals surface area (Å²) in [6, 6.07) is 0. The molecule has 5 aliphatic rings. The average Bonchev–Trinajstić information content (AvgIpc) is 2.71. The molecule has 0 spiro atoms. The summed E-state index contributed by atoms with van der Waals surface area (Å²) in [5, 5.41) is 33.8. The third kappa shape index (κ3) is 2.80. The van der Waals surface area contributed by atoms with Crippen LogP contribution in [0.3, 0.4) is 0 Å². The Morgan fingerprint density at radius 1 is 0.824 bits per heavy atom. The van der Waals surface area contributed by atoms with Gasteiger partial charge < -0.3 is 20.1 Å². The molecular formula is C30H48O4. The van der Waals surface area contributed by atoms with Crippen LogP contribution in [0.25, 0.3) is 0 Å². The van der Waals surface area contributed by atoms with Gasteiger partial charge in [0.1, 0.15) is 6.29 Å². The van der Waals surface area contributed by atoms with E-state index in [1.54, 1.807) is 0 Å². The van der Waals surface area contributed by atoms with Crippen molar-refractivity contribution in [1.29, 1.82) is 0 Å². The number of hydrogen-bond donors (Lipinski definition) is 3. The van der Waals surface area contributed by atoms with E-state index in [1.807, 2.05) is 0 Å². The van der Waals surface area contributed by atoms with Crippen molar-refractivity contribution < 1.29 is 20.1 Å². The minimum absolute atomic E-state index is 0.0171. The zero-order valence-corrected chi connectivity index (χ0v) is 22.5. The maximum Gasteiger partial charge on any atom is 0.131 e. The first-order chi connectivity index (χ1) is 15.6. The van der Waals surface area contributed by atoms with E-state index in [9.17, 15) is 20.1 Å². The number of allylic oxidation sites excluding steroid dienone is 2. The Balaban J connectivity index is 1.63. The van der Waals surface area contributed by atoms with E-state index in [4.69, 9.17) is 0 Å². The fourth-order valence-electron chi connectivity index (χ4n) is 10.8. The zero-order chi connectivity index (χ0) is 25.1. The predicted molar refractivity (Wildman–Crippen MR) is 134 cm³/mol. The summed E-state index contributed by atoms with van der Waals surface area (Å²) in [5.41, 5.74) is 0.0679. The fourth-order valence-corrected chi connectivity index (χ4v) is 10.8. The molecule has 0 aliphatic heterocycles. The summed E-state index contributed by atoms with van der Waals surface area (Å²) < 4.78 is 0. The van der Waals surface area contributed by atoms with Crippen LogP contribution in [-0.4, -0.2) is 39.9 Å². The molecule has 0 aromatic rings. The van der Waals surface area contributed by atoms with Gasteiger partial charge in [0.2, 0.25) is 0 Å². The molecule has 0 aromatic carbocycles. The smallest absolute Gasteiger partial charge is 0.131 e. The second-order valence-electron chi connectivity index (χ2n) is 15.1. The van der Waals surface area contributed by atoms with Crippen LogP contribution in [0.4, 0.5) is 0 Å². The van der Waals surface area contributed by atoms with E-state index >= 15 is 0 Å². The number of carbonyl (C=O) groups excluding carboxylic acids is 1. The van der Waals surface area contributed by atoms with Crippen molar-refractivity contribution in [3.8, 4) is 0 Å². The van der Waals surface area contributed by atoms with Crippen molar-refractivity contribution in [2.45, 2.75) is 118 Å². The maximum absolute atomic E-state index is 12.7. The summed E-state index contributed by atoms with van der Waals surface area (Å²) in [7, 11) is 0. The van der Waals surface area contributed by atoms with E-state index in [0.29, 0.717) is 24.7 Å². The van der Waals surface area contributed by atoms with Crippen LogP contribution in [0.2, 0.25) is 0 Å². The highest BCUT2D eigenvalue weighted by atomic mass is 16.3. The van der Waals surface area contributed by atoms with Gasteiger partial charge in [-0.1, -0.05) is 60.1 Å². The van der Waals surface area contributed by atoms with Crippen LogP contribution in [0.15, 0.2) is 11.6 Å². The van der Waals surface area contributed by atoms with Crippen molar-refractivity contribution >= 4 is 6.29 Å². The summed E-state index contributed by atoms with van der Waals surface area (Å²) in [6.07, 6.45) is 8.53. The number of aliphatic hydroxyl groups is 3. The van der Waals surface area contributed by atoms with Crippen LogP contribution in [0.1, 0.15) is 99.8 Å². The van der Waals surface area contributed by atoms with Gasteiger partial charge in [-0.3, -0.25) is 0 Å². The SMILES string of the molecule is CC1(C)C[C@H](O)[C@]2(C=O)[C@H](O)C[C@]3(C)C(=CC[C@@H]4[C@@]5(C)CC[C@H](O)C(C)(C)[C@@H]5CC[C@]43C)[C@@H]2C1. The molecule has 5 aliphatic carbocycles. The number of rotatable bonds is 1. The predicted octanol–water partition coefficient (Wildman–Crippen LogP) is 5.29. The second-order valence-corrected chi connectivity index (χ2v) is 15.1. The van der Waals surface area contributed by atoms with E-state index in [0.717, 1.165) is 44.8 Å². The Morgan fingerprint density at radius 2 is 1.47 bits per heavy atom. The third-order valence-electron chi connectivity index (χ3n) is 12.9. The molecule has 5 rings (SSSR count). The first-order valence-corrected chi connectivity index (χ1v) is 13.8. The van der Waals surface area contributed by atoms with Crippen molar-refractivity contribution in [3.05, 3.63) is 11.6 Å². The zero-order valence-electron chi connectivity index (χ0n) is 22.5. The van der Waals surface area contributed by atoms with E-state index < -0.39 is 17.6 Å². The Bertz CT molecular complexity index is 905. The Morgan fingerprint density at radius 3 is 2.12 bits per heavy atom. The van der Waals surface area contributed by atoms with Crippen LogP contribution in [-0.2, 0) is 4.79 Å². The lowest BCUT2D eigenvalue weighted by molar-refractivity contribution is -0.223. The molecular weight excluding hydrogens is 424 g/mol. The van der Waals surface area contributed by atoms with Gasteiger partial charge in [-0.25, -0.2) is 0 Å².